The van der Waals surface area contributed by atoms with Crippen LogP contribution in [0.3, 0.4) is 0 Å². The molecule has 7 heteroatoms. The third-order valence-corrected chi connectivity index (χ3v) is 7.31. The zero-order chi connectivity index (χ0) is 21.5. The molecule has 2 aromatic rings. The average Bonchev–Trinajstić information content (AvgIpc) is 2.83. The molecule has 0 bridgehead atoms. The van der Waals surface area contributed by atoms with Crippen molar-refractivity contribution in [3.8, 4) is 0 Å². The van der Waals surface area contributed by atoms with Crippen LogP contribution in [0.5, 0.6) is 0 Å². The highest BCUT2D eigenvalue weighted by atomic mass is 127. The number of nitrogens with zero attached hydrogens (tertiary/aromatic N) is 2. The summed E-state index contributed by atoms with van der Waals surface area (Å²) in [4.78, 5) is 19.8. The fraction of sp³-hybridized carbons (Fsp3) is 0.520. The van der Waals surface area contributed by atoms with Crippen LogP contribution in [0, 0.1) is 5.92 Å². The number of carbonyl (C=O) groups excluding carboxylic acids is 1. The molecule has 2 N–H and O–H groups in total. The molecule has 1 amide bonds. The van der Waals surface area contributed by atoms with E-state index < -0.39 is 0 Å². The van der Waals surface area contributed by atoms with Crippen LogP contribution in [0.25, 0.3) is 10.8 Å². The lowest BCUT2D eigenvalue weighted by molar-refractivity contribution is -0.136. The molecule has 0 unspecified atom stereocenters. The maximum atomic E-state index is 12.8. The zero-order valence-electron chi connectivity index (χ0n) is 18.9. The Morgan fingerprint density at radius 1 is 1.06 bits per heavy atom. The lowest BCUT2D eigenvalue weighted by Gasteiger charge is -2.34. The first kappa shape index (κ1) is 25.1. The Balaban J connectivity index is 0.00000289. The first-order valence-corrected chi connectivity index (χ1v) is 12.8. The molecule has 4 rings (SSSR count). The van der Waals surface area contributed by atoms with Crippen LogP contribution in [0.1, 0.15) is 38.2 Å². The Morgan fingerprint density at radius 3 is 2.53 bits per heavy atom. The van der Waals surface area contributed by atoms with Crippen LogP contribution in [0.4, 0.5) is 0 Å². The van der Waals surface area contributed by atoms with Crippen LogP contribution in [-0.4, -0.2) is 53.9 Å². The molecule has 1 aliphatic carbocycles. The quantitative estimate of drug-likeness (QED) is 0.315. The maximum absolute atomic E-state index is 12.8. The SMILES string of the molecule is CCNC(=NCc1cccc2ccccc12)NC1CCC(C(=O)N2CCSCC2)CC1.I. The van der Waals surface area contributed by atoms with Crippen LogP contribution >= 0.6 is 35.7 Å². The highest BCUT2D eigenvalue weighted by Crippen LogP contribution is 2.27. The van der Waals surface area contributed by atoms with E-state index in [1.807, 2.05) is 11.8 Å². The van der Waals surface area contributed by atoms with Crippen molar-refractivity contribution in [1.82, 2.24) is 15.5 Å². The molecule has 1 heterocycles. The molecule has 0 atom stereocenters. The lowest BCUT2D eigenvalue weighted by atomic mass is 9.85. The van der Waals surface area contributed by atoms with Gasteiger partial charge in [0.2, 0.25) is 5.91 Å². The molecule has 5 nitrogen and oxygen atoms in total. The summed E-state index contributed by atoms with van der Waals surface area (Å²) in [6.07, 6.45) is 4.00. The van der Waals surface area contributed by atoms with Crippen LogP contribution in [0.15, 0.2) is 47.5 Å². The molecule has 0 aromatic heterocycles. The van der Waals surface area contributed by atoms with Crippen molar-refractivity contribution in [2.24, 2.45) is 10.9 Å². The molecular formula is C25H35IN4OS. The third kappa shape index (κ3) is 6.53. The summed E-state index contributed by atoms with van der Waals surface area (Å²) in [5.41, 5.74) is 1.24. The first-order valence-electron chi connectivity index (χ1n) is 11.6. The summed E-state index contributed by atoms with van der Waals surface area (Å²) in [5.74, 6) is 3.63. The van der Waals surface area contributed by atoms with Gasteiger partial charge in [0.05, 0.1) is 6.54 Å². The van der Waals surface area contributed by atoms with Crippen molar-refractivity contribution in [2.45, 2.75) is 45.2 Å². The van der Waals surface area contributed by atoms with E-state index in [1.54, 1.807) is 0 Å². The molecule has 0 radical (unpaired) electrons. The van der Waals surface area contributed by atoms with Gasteiger partial charge in [0.1, 0.15) is 0 Å². The standard InChI is InChI=1S/C25H34N4OS.HI/c1-2-26-25(27-18-21-8-5-7-19-6-3-4-9-23(19)21)28-22-12-10-20(11-13-22)24(30)29-14-16-31-17-15-29;/h3-9,20,22H,2,10-18H2,1H3,(H2,26,27,28);1H. The van der Waals surface area contributed by atoms with Crippen LogP contribution < -0.4 is 10.6 Å². The summed E-state index contributed by atoms with van der Waals surface area (Å²) >= 11 is 1.95. The second kappa shape index (κ2) is 12.7. The molecule has 2 fully saturated rings. The first-order chi connectivity index (χ1) is 15.2. The Labute approximate surface area is 213 Å². The topological polar surface area (TPSA) is 56.7 Å². The van der Waals surface area contributed by atoms with Gasteiger partial charge in [-0.15, -0.1) is 24.0 Å². The highest BCUT2D eigenvalue weighted by molar-refractivity contribution is 14.0. The third-order valence-electron chi connectivity index (χ3n) is 6.37. The molecule has 1 aliphatic heterocycles. The van der Waals surface area contributed by atoms with E-state index in [0.29, 0.717) is 18.5 Å². The van der Waals surface area contributed by atoms with Gasteiger partial charge >= 0.3 is 0 Å². The van der Waals surface area contributed by atoms with Crippen molar-refractivity contribution in [2.75, 3.05) is 31.1 Å². The fourth-order valence-electron chi connectivity index (χ4n) is 4.63. The Morgan fingerprint density at radius 2 is 1.78 bits per heavy atom. The minimum absolute atomic E-state index is 0. The monoisotopic (exact) mass is 566 g/mol. The smallest absolute Gasteiger partial charge is 0.225 e. The number of nitrogens with one attached hydrogen (secondary N) is 2. The zero-order valence-corrected chi connectivity index (χ0v) is 22.0. The second-order valence-electron chi connectivity index (χ2n) is 8.46. The number of guanidine groups is 1. The van der Waals surface area contributed by atoms with Crippen LogP contribution in [0.2, 0.25) is 0 Å². The molecule has 0 spiro atoms. The number of aliphatic imine (C=N–C) groups is 1. The van der Waals surface area contributed by atoms with Gasteiger partial charge < -0.3 is 15.5 Å². The molecule has 32 heavy (non-hydrogen) atoms. The summed E-state index contributed by atoms with van der Waals surface area (Å²) < 4.78 is 0. The minimum Gasteiger partial charge on any atom is -0.357 e. The van der Waals surface area contributed by atoms with Gasteiger partial charge in [-0.3, -0.25) is 4.79 Å². The number of fused-ring (bicyclic) bond motifs is 1. The van der Waals surface area contributed by atoms with Gasteiger partial charge in [-0.05, 0) is 48.9 Å². The molecular weight excluding hydrogens is 531 g/mol. The predicted molar refractivity (Wildman–Crippen MR) is 147 cm³/mol. The fourth-order valence-corrected chi connectivity index (χ4v) is 5.54. The van der Waals surface area contributed by atoms with Crippen molar-refractivity contribution in [3.05, 3.63) is 48.0 Å². The number of thioether (sulfide) groups is 1. The molecule has 2 aliphatic rings. The van der Waals surface area contributed by atoms with Gasteiger partial charge in [0.15, 0.2) is 5.96 Å². The average molecular weight is 567 g/mol. The molecule has 174 valence electrons. The van der Waals surface area contributed by atoms with Crippen molar-refractivity contribution in [1.29, 1.82) is 0 Å². The van der Waals surface area contributed by atoms with E-state index in [9.17, 15) is 4.79 Å². The number of carbonyl (C=O) groups is 1. The van der Waals surface area contributed by atoms with Gasteiger partial charge in [-0.1, -0.05) is 42.5 Å². The van der Waals surface area contributed by atoms with Gasteiger partial charge in [-0.25, -0.2) is 4.99 Å². The van der Waals surface area contributed by atoms with Gasteiger partial charge in [0, 0.05) is 43.1 Å². The van der Waals surface area contributed by atoms with E-state index in [0.717, 1.165) is 62.8 Å². The van der Waals surface area contributed by atoms with Crippen LogP contribution in [-0.2, 0) is 11.3 Å². The Kier molecular flexibility index (Phi) is 9.96. The summed E-state index contributed by atoms with van der Waals surface area (Å²) in [6, 6.07) is 15.3. The highest BCUT2D eigenvalue weighted by Gasteiger charge is 2.30. The van der Waals surface area contributed by atoms with E-state index in [1.165, 1.54) is 16.3 Å². The largest absolute Gasteiger partial charge is 0.357 e. The molecule has 2 aromatic carbocycles. The van der Waals surface area contributed by atoms with E-state index in [-0.39, 0.29) is 29.9 Å². The van der Waals surface area contributed by atoms with Gasteiger partial charge in [0.25, 0.3) is 0 Å². The summed E-state index contributed by atoms with van der Waals surface area (Å²) in [7, 11) is 0. The summed E-state index contributed by atoms with van der Waals surface area (Å²) in [5, 5.41) is 9.54. The van der Waals surface area contributed by atoms with Crippen molar-refractivity contribution >= 4 is 58.4 Å². The van der Waals surface area contributed by atoms with Gasteiger partial charge in [-0.2, -0.15) is 11.8 Å². The van der Waals surface area contributed by atoms with E-state index >= 15 is 0 Å². The number of rotatable bonds is 5. The maximum Gasteiger partial charge on any atom is 0.225 e. The minimum atomic E-state index is 0. The normalized spacial score (nSPS) is 21.7. The number of benzene rings is 2. The Bertz CT molecular complexity index is 902. The van der Waals surface area contributed by atoms with Crippen molar-refractivity contribution in [3.63, 3.8) is 0 Å². The molecule has 1 saturated carbocycles. The number of hydrogen-bond acceptors (Lipinski definition) is 3. The summed E-state index contributed by atoms with van der Waals surface area (Å²) in [6.45, 7) is 5.43. The van der Waals surface area contributed by atoms with E-state index in [4.69, 9.17) is 4.99 Å². The second-order valence-corrected chi connectivity index (χ2v) is 9.69. The number of hydrogen-bond donors (Lipinski definition) is 2. The number of halogens is 1. The van der Waals surface area contributed by atoms with Crippen molar-refractivity contribution < 1.29 is 4.79 Å². The predicted octanol–water partition coefficient (Wildman–Crippen LogP) is 4.65. The van der Waals surface area contributed by atoms with E-state index in [2.05, 4.69) is 64.9 Å². The number of amides is 1. The Hall–Kier alpha value is -1.48. The molecule has 1 saturated heterocycles. The lowest BCUT2D eigenvalue weighted by Crippen LogP contribution is -2.47.